The van der Waals surface area contributed by atoms with Gasteiger partial charge in [0.1, 0.15) is 0 Å². The summed E-state index contributed by atoms with van der Waals surface area (Å²) >= 11 is 0. The SMILES string of the molecule is COCCNCC(=O)NC(c1ccc(CC(C)C)cc1)C1CC1. The molecule has 1 atom stereocenters. The van der Waals surface area contributed by atoms with Crippen molar-refractivity contribution in [1.82, 2.24) is 10.6 Å². The third-order valence-corrected chi connectivity index (χ3v) is 4.16. The van der Waals surface area contributed by atoms with Crippen LogP contribution in [0, 0.1) is 11.8 Å². The molecule has 1 fully saturated rings. The lowest BCUT2D eigenvalue weighted by molar-refractivity contribution is -0.121. The summed E-state index contributed by atoms with van der Waals surface area (Å²) in [4.78, 5) is 12.1. The van der Waals surface area contributed by atoms with Crippen LogP contribution in [0.3, 0.4) is 0 Å². The molecule has 1 aromatic rings. The number of carbonyl (C=O) groups excluding carboxylic acids is 1. The lowest BCUT2D eigenvalue weighted by Gasteiger charge is -2.19. The van der Waals surface area contributed by atoms with Gasteiger partial charge in [-0.15, -0.1) is 0 Å². The number of rotatable bonds is 10. The van der Waals surface area contributed by atoms with Crippen molar-refractivity contribution in [3.63, 3.8) is 0 Å². The van der Waals surface area contributed by atoms with Gasteiger partial charge in [0.05, 0.1) is 19.2 Å². The Hall–Kier alpha value is -1.39. The van der Waals surface area contributed by atoms with Crippen LogP contribution in [0.5, 0.6) is 0 Å². The molecule has 0 spiro atoms. The molecule has 1 amide bonds. The van der Waals surface area contributed by atoms with Gasteiger partial charge >= 0.3 is 0 Å². The summed E-state index contributed by atoms with van der Waals surface area (Å²) in [5.74, 6) is 1.32. The van der Waals surface area contributed by atoms with Crippen molar-refractivity contribution >= 4 is 5.91 Å². The Balaban J connectivity index is 1.89. The summed E-state index contributed by atoms with van der Waals surface area (Å²) < 4.78 is 4.97. The third-order valence-electron chi connectivity index (χ3n) is 4.16. The fourth-order valence-corrected chi connectivity index (χ4v) is 2.84. The van der Waals surface area contributed by atoms with Gasteiger partial charge < -0.3 is 15.4 Å². The van der Waals surface area contributed by atoms with Crippen molar-refractivity contribution in [1.29, 1.82) is 0 Å². The number of amides is 1. The molecule has 1 unspecified atom stereocenters. The van der Waals surface area contributed by atoms with Gasteiger partial charge in [-0.05, 0) is 42.2 Å². The predicted molar refractivity (Wildman–Crippen MR) is 93.3 cm³/mol. The van der Waals surface area contributed by atoms with Crippen molar-refractivity contribution in [2.75, 3.05) is 26.8 Å². The second-order valence-corrected chi connectivity index (χ2v) is 6.89. The highest BCUT2D eigenvalue weighted by Gasteiger charge is 2.33. The van der Waals surface area contributed by atoms with Gasteiger partial charge in [0.2, 0.25) is 5.91 Å². The Kier molecular flexibility index (Phi) is 7.06. The fourth-order valence-electron chi connectivity index (χ4n) is 2.84. The molecule has 4 heteroatoms. The van der Waals surface area contributed by atoms with Gasteiger partial charge in [-0.1, -0.05) is 38.1 Å². The number of hydrogen-bond acceptors (Lipinski definition) is 3. The van der Waals surface area contributed by atoms with Crippen LogP contribution < -0.4 is 10.6 Å². The molecular formula is C19H30N2O2. The number of hydrogen-bond donors (Lipinski definition) is 2. The molecule has 1 saturated carbocycles. The number of carbonyl (C=O) groups is 1. The molecule has 128 valence electrons. The van der Waals surface area contributed by atoms with Crippen molar-refractivity contribution in [2.24, 2.45) is 11.8 Å². The molecule has 0 radical (unpaired) electrons. The molecule has 1 aliphatic rings. The second kappa shape index (κ2) is 9.04. The molecule has 1 aromatic carbocycles. The van der Waals surface area contributed by atoms with E-state index >= 15 is 0 Å². The van der Waals surface area contributed by atoms with E-state index in [0.717, 1.165) is 6.42 Å². The molecule has 0 aromatic heterocycles. The van der Waals surface area contributed by atoms with Crippen LogP contribution >= 0.6 is 0 Å². The molecule has 0 heterocycles. The summed E-state index contributed by atoms with van der Waals surface area (Å²) in [7, 11) is 1.66. The maximum atomic E-state index is 12.1. The highest BCUT2D eigenvalue weighted by molar-refractivity contribution is 5.78. The zero-order valence-corrected chi connectivity index (χ0v) is 14.6. The largest absolute Gasteiger partial charge is 0.383 e. The molecule has 0 saturated heterocycles. The number of ether oxygens (including phenoxy) is 1. The van der Waals surface area contributed by atoms with E-state index in [1.54, 1.807) is 7.11 Å². The van der Waals surface area contributed by atoms with Gasteiger partial charge in [0.25, 0.3) is 0 Å². The minimum absolute atomic E-state index is 0.0595. The maximum Gasteiger partial charge on any atom is 0.234 e. The lowest BCUT2D eigenvalue weighted by atomic mass is 9.97. The highest BCUT2D eigenvalue weighted by Crippen LogP contribution is 2.41. The second-order valence-electron chi connectivity index (χ2n) is 6.89. The summed E-state index contributed by atoms with van der Waals surface area (Å²) in [6.45, 7) is 6.13. The quantitative estimate of drug-likeness (QED) is 0.652. The molecule has 0 aliphatic heterocycles. The predicted octanol–water partition coefficient (Wildman–Crippen LogP) is 2.69. The molecule has 23 heavy (non-hydrogen) atoms. The van der Waals surface area contributed by atoms with Crippen LogP contribution in [0.4, 0.5) is 0 Å². The first-order valence-corrected chi connectivity index (χ1v) is 8.68. The van der Waals surface area contributed by atoms with Crippen molar-refractivity contribution in [2.45, 2.75) is 39.2 Å². The van der Waals surface area contributed by atoms with Crippen LogP contribution in [-0.4, -0.2) is 32.7 Å². The third kappa shape index (κ3) is 6.32. The summed E-state index contributed by atoms with van der Waals surface area (Å²) in [5, 5.41) is 6.29. The Morgan fingerprint density at radius 2 is 1.96 bits per heavy atom. The molecular weight excluding hydrogens is 288 g/mol. The van der Waals surface area contributed by atoms with E-state index in [0.29, 0.717) is 31.5 Å². The van der Waals surface area contributed by atoms with Crippen molar-refractivity contribution < 1.29 is 9.53 Å². The monoisotopic (exact) mass is 318 g/mol. The van der Waals surface area contributed by atoms with E-state index in [2.05, 4.69) is 48.7 Å². The Morgan fingerprint density at radius 3 is 2.52 bits per heavy atom. The van der Waals surface area contributed by atoms with Gasteiger partial charge in [-0.3, -0.25) is 4.79 Å². The Bertz CT molecular complexity index is 481. The Labute approximate surface area is 140 Å². The maximum absolute atomic E-state index is 12.1. The summed E-state index contributed by atoms with van der Waals surface area (Å²) in [5.41, 5.74) is 2.59. The molecule has 4 nitrogen and oxygen atoms in total. The summed E-state index contributed by atoms with van der Waals surface area (Å²) in [6, 6.07) is 8.92. The van der Waals surface area contributed by atoms with Gasteiger partial charge in [0.15, 0.2) is 0 Å². The van der Waals surface area contributed by atoms with E-state index in [-0.39, 0.29) is 11.9 Å². The normalized spacial score (nSPS) is 15.7. The zero-order valence-electron chi connectivity index (χ0n) is 14.6. The smallest absolute Gasteiger partial charge is 0.234 e. The average Bonchev–Trinajstić information content (AvgIpc) is 3.34. The van der Waals surface area contributed by atoms with Crippen LogP contribution in [0.25, 0.3) is 0 Å². The first-order valence-electron chi connectivity index (χ1n) is 8.68. The fraction of sp³-hybridized carbons (Fsp3) is 0.632. The number of benzene rings is 1. The van der Waals surface area contributed by atoms with Crippen molar-refractivity contribution in [3.8, 4) is 0 Å². The standard InChI is InChI=1S/C19H30N2O2/c1-14(2)12-15-4-6-16(7-5-15)19(17-8-9-17)21-18(22)13-20-10-11-23-3/h4-7,14,17,19-20H,8-13H2,1-3H3,(H,21,22). The van der Waals surface area contributed by atoms with Crippen LogP contribution in [0.2, 0.25) is 0 Å². The number of nitrogens with one attached hydrogen (secondary N) is 2. The van der Waals surface area contributed by atoms with E-state index in [9.17, 15) is 4.79 Å². The molecule has 2 rings (SSSR count). The molecule has 0 bridgehead atoms. The summed E-state index contributed by atoms with van der Waals surface area (Å²) in [6.07, 6.45) is 3.51. The molecule has 1 aliphatic carbocycles. The van der Waals surface area contributed by atoms with Crippen LogP contribution in [0.15, 0.2) is 24.3 Å². The zero-order chi connectivity index (χ0) is 16.7. The van der Waals surface area contributed by atoms with Gasteiger partial charge in [0, 0.05) is 13.7 Å². The first-order chi connectivity index (χ1) is 11.1. The van der Waals surface area contributed by atoms with Gasteiger partial charge in [-0.2, -0.15) is 0 Å². The van der Waals surface area contributed by atoms with Crippen LogP contribution in [0.1, 0.15) is 43.9 Å². The average molecular weight is 318 g/mol. The topological polar surface area (TPSA) is 50.4 Å². The molecule has 2 N–H and O–H groups in total. The minimum atomic E-state index is 0.0595. The van der Waals surface area contributed by atoms with Gasteiger partial charge in [-0.25, -0.2) is 0 Å². The highest BCUT2D eigenvalue weighted by atomic mass is 16.5. The Morgan fingerprint density at radius 1 is 1.26 bits per heavy atom. The van der Waals surface area contributed by atoms with E-state index in [4.69, 9.17) is 4.74 Å². The van der Waals surface area contributed by atoms with Crippen molar-refractivity contribution in [3.05, 3.63) is 35.4 Å². The minimum Gasteiger partial charge on any atom is -0.383 e. The van der Waals surface area contributed by atoms with E-state index in [1.165, 1.54) is 24.0 Å². The van der Waals surface area contributed by atoms with E-state index < -0.39 is 0 Å². The number of methoxy groups -OCH3 is 1. The lowest BCUT2D eigenvalue weighted by Crippen LogP contribution is -2.38. The first kappa shape index (κ1) is 18.0. The van der Waals surface area contributed by atoms with E-state index in [1.807, 2.05) is 0 Å². The van der Waals surface area contributed by atoms with Crippen LogP contribution in [-0.2, 0) is 16.0 Å².